The maximum atomic E-state index is 12.8. The van der Waals surface area contributed by atoms with E-state index in [0.29, 0.717) is 0 Å². The number of halogens is 1. The number of rotatable bonds is 6. The summed E-state index contributed by atoms with van der Waals surface area (Å²) in [6, 6.07) is 6.89. The van der Waals surface area contributed by atoms with E-state index in [1.54, 1.807) is 12.1 Å². The molecule has 2 rings (SSSR count). The van der Waals surface area contributed by atoms with Crippen molar-refractivity contribution in [1.29, 1.82) is 0 Å². The fourth-order valence-corrected chi connectivity index (χ4v) is 2.68. The summed E-state index contributed by atoms with van der Waals surface area (Å²) in [4.78, 5) is 2.48. The molecule has 1 aliphatic rings. The van der Waals surface area contributed by atoms with Crippen LogP contribution in [0.5, 0.6) is 0 Å². The number of hydrogen-bond donors (Lipinski definition) is 1. The Labute approximate surface area is 116 Å². The highest BCUT2D eigenvalue weighted by atomic mass is 19.1. The molecular formula is C16H25FN2. The largest absolute Gasteiger partial charge is 0.316 e. The molecule has 1 saturated heterocycles. The summed E-state index contributed by atoms with van der Waals surface area (Å²) in [5.41, 5.74) is 1.21. The third-order valence-electron chi connectivity index (χ3n) is 3.89. The van der Waals surface area contributed by atoms with Crippen LogP contribution in [0.3, 0.4) is 0 Å². The number of piperidine rings is 1. The first-order valence-corrected chi connectivity index (χ1v) is 7.45. The average Bonchev–Trinajstić information content (AvgIpc) is 2.44. The van der Waals surface area contributed by atoms with Gasteiger partial charge in [0.2, 0.25) is 0 Å². The van der Waals surface area contributed by atoms with E-state index in [0.717, 1.165) is 38.6 Å². The first-order chi connectivity index (χ1) is 9.28. The van der Waals surface area contributed by atoms with E-state index < -0.39 is 0 Å². The number of benzene rings is 1. The van der Waals surface area contributed by atoms with Gasteiger partial charge in [0.1, 0.15) is 5.82 Å². The molecule has 1 aliphatic heterocycles. The molecule has 0 unspecified atom stereocenters. The van der Waals surface area contributed by atoms with E-state index in [1.165, 1.54) is 24.8 Å². The lowest BCUT2D eigenvalue weighted by Gasteiger charge is -2.32. The van der Waals surface area contributed by atoms with E-state index in [9.17, 15) is 4.39 Å². The number of nitrogens with one attached hydrogen (secondary N) is 1. The lowest BCUT2D eigenvalue weighted by molar-refractivity contribution is 0.175. The van der Waals surface area contributed by atoms with Crippen LogP contribution in [-0.4, -0.2) is 31.1 Å². The third-order valence-corrected chi connectivity index (χ3v) is 3.89. The van der Waals surface area contributed by atoms with Crippen LogP contribution in [0.4, 0.5) is 4.39 Å². The summed E-state index contributed by atoms with van der Waals surface area (Å²) in [5, 5.41) is 3.52. The van der Waals surface area contributed by atoms with Crippen molar-refractivity contribution in [2.45, 2.75) is 32.7 Å². The Hall–Kier alpha value is -0.930. The minimum absolute atomic E-state index is 0.149. The fourth-order valence-electron chi connectivity index (χ4n) is 2.68. The van der Waals surface area contributed by atoms with E-state index in [1.807, 2.05) is 12.1 Å². The Balaban J connectivity index is 1.69. The van der Waals surface area contributed by atoms with E-state index in [2.05, 4.69) is 17.1 Å². The Morgan fingerprint density at radius 1 is 1.21 bits per heavy atom. The molecule has 0 saturated carbocycles. The molecule has 0 radical (unpaired) electrons. The minimum Gasteiger partial charge on any atom is -0.316 e. The van der Waals surface area contributed by atoms with Gasteiger partial charge >= 0.3 is 0 Å². The van der Waals surface area contributed by atoms with Crippen molar-refractivity contribution in [3.05, 3.63) is 35.6 Å². The zero-order valence-electron chi connectivity index (χ0n) is 11.9. The first kappa shape index (κ1) is 14.5. The first-order valence-electron chi connectivity index (χ1n) is 7.45. The minimum atomic E-state index is -0.149. The molecule has 0 amide bonds. The summed E-state index contributed by atoms with van der Waals surface area (Å²) in [7, 11) is 0. The van der Waals surface area contributed by atoms with Crippen LogP contribution in [0.25, 0.3) is 0 Å². The Bertz CT molecular complexity index is 356. The summed E-state index contributed by atoms with van der Waals surface area (Å²) in [6.45, 7) is 7.79. The summed E-state index contributed by atoms with van der Waals surface area (Å²) >= 11 is 0. The van der Waals surface area contributed by atoms with Gasteiger partial charge in [0.05, 0.1) is 0 Å². The molecule has 1 aromatic carbocycles. The molecule has 1 heterocycles. The Kier molecular flexibility index (Phi) is 5.80. The molecule has 2 nitrogen and oxygen atoms in total. The van der Waals surface area contributed by atoms with Crippen molar-refractivity contribution in [3.63, 3.8) is 0 Å². The van der Waals surface area contributed by atoms with Crippen molar-refractivity contribution in [3.8, 4) is 0 Å². The van der Waals surface area contributed by atoms with Crippen LogP contribution in [-0.2, 0) is 6.54 Å². The van der Waals surface area contributed by atoms with Gasteiger partial charge in [0.25, 0.3) is 0 Å². The standard InChI is InChI=1S/C16H25FN2/c1-2-9-18-12-14-7-10-19(11-8-14)13-15-3-5-16(17)6-4-15/h3-6,14,18H,2,7-13H2,1H3. The summed E-state index contributed by atoms with van der Waals surface area (Å²) in [6.07, 6.45) is 3.76. The highest BCUT2D eigenvalue weighted by molar-refractivity contribution is 5.15. The summed E-state index contributed by atoms with van der Waals surface area (Å²) in [5.74, 6) is 0.681. The molecule has 0 bridgehead atoms. The van der Waals surface area contributed by atoms with Gasteiger partial charge < -0.3 is 5.32 Å². The Morgan fingerprint density at radius 2 is 1.89 bits per heavy atom. The number of likely N-dealkylation sites (tertiary alicyclic amines) is 1. The van der Waals surface area contributed by atoms with Crippen LogP contribution in [0, 0.1) is 11.7 Å². The molecule has 19 heavy (non-hydrogen) atoms. The van der Waals surface area contributed by atoms with Gasteiger partial charge in [-0.3, -0.25) is 4.90 Å². The molecule has 0 spiro atoms. The number of hydrogen-bond acceptors (Lipinski definition) is 2. The second-order valence-electron chi connectivity index (χ2n) is 5.55. The maximum Gasteiger partial charge on any atom is 0.123 e. The molecule has 1 fully saturated rings. The fraction of sp³-hybridized carbons (Fsp3) is 0.625. The average molecular weight is 264 g/mol. The quantitative estimate of drug-likeness (QED) is 0.795. The lowest BCUT2D eigenvalue weighted by atomic mass is 9.96. The molecule has 1 aromatic rings. The second-order valence-corrected chi connectivity index (χ2v) is 5.55. The van der Waals surface area contributed by atoms with E-state index in [4.69, 9.17) is 0 Å². The highest BCUT2D eigenvalue weighted by Gasteiger charge is 2.18. The van der Waals surface area contributed by atoms with E-state index in [-0.39, 0.29) is 5.82 Å². The smallest absolute Gasteiger partial charge is 0.123 e. The predicted molar refractivity (Wildman–Crippen MR) is 77.6 cm³/mol. The molecular weight excluding hydrogens is 239 g/mol. The SMILES string of the molecule is CCCNCC1CCN(Cc2ccc(F)cc2)CC1. The lowest BCUT2D eigenvalue weighted by Crippen LogP contribution is -2.37. The van der Waals surface area contributed by atoms with Crippen LogP contribution in [0.2, 0.25) is 0 Å². The monoisotopic (exact) mass is 264 g/mol. The zero-order chi connectivity index (χ0) is 13.5. The maximum absolute atomic E-state index is 12.8. The van der Waals surface area contributed by atoms with Gasteiger partial charge in [-0.25, -0.2) is 4.39 Å². The second kappa shape index (κ2) is 7.61. The molecule has 0 aromatic heterocycles. The topological polar surface area (TPSA) is 15.3 Å². The zero-order valence-corrected chi connectivity index (χ0v) is 11.9. The molecule has 3 heteroatoms. The van der Waals surface area contributed by atoms with Gasteiger partial charge in [-0.2, -0.15) is 0 Å². The molecule has 1 N–H and O–H groups in total. The van der Waals surface area contributed by atoms with Crippen LogP contribution in [0.1, 0.15) is 31.7 Å². The summed E-state index contributed by atoms with van der Waals surface area (Å²) < 4.78 is 12.8. The predicted octanol–water partition coefficient (Wildman–Crippen LogP) is 3.04. The van der Waals surface area contributed by atoms with Crippen LogP contribution in [0.15, 0.2) is 24.3 Å². The van der Waals surface area contributed by atoms with Gasteiger partial charge in [0, 0.05) is 6.54 Å². The van der Waals surface area contributed by atoms with Gasteiger partial charge in [-0.05, 0) is 69.1 Å². The normalized spacial score (nSPS) is 17.8. The van der Waals surface area contributed by atoms with Gasteiger partial charge in [-0.15, -0.1) is 0 Å². The van der Waals surface area contributed by atoms with Crippen molar-refractivity contribution < 1.29 is 4.39 Å². The van der Waals surface area contributed by atoms with Gasteiger partial charge in [0.15, 0.2) is 0 Å². The van der Waals surface area contributed by atoms with E-state index >= 15 is 0 Å². The van der Waals surface area contributed by atoms with Crippen molar-refractivity contribution in [1.82, 2.24) is 10.2 Å². The van der Waals surface area contributed by atoms with Crippen molar-refractivity contribution in [2.24, 2.45) is 5.92 Å². The molecule has 0 atom stereocenters. The van der Waals surface area contributed by atoms with Crippen LogP contribution < -0.4 is 5.32 Å². The Morgan fingerprint density at radius 3 is 2.53 bits per heavy atom. The van der Waals surface area contributed by atoms with Crippen molar-refractivity contribution >= 4 is 0 Å². The molecule has 0 aliphatic carbocycles. The van der Waals surface area contributed by atoms with Gasteiger partial charge in [-0.1, -0.05) is 19.1 Å². The van der Waals surface area contributed by atoms with Crippen molar-refractivity contribution in [2.75, 3.05) is 26.2 Å². The number of nitrogens with zero attached hydrogens (tertiary/aromatic N) is 1. The third kappa shape index (κ3) is 4.92. The van der Waals surface area contributed by atoms with Crippen LogP contribution >= 0.6 is 0 Å². The highest BCUT2D eigenvalue weighted by Crippen LogP contribution is 2.18. The molecule has 106 valence electrons.